The van der Waals surface area contributed by atoms with Crippen molar-refractivity contribution in [2.24, 2.45) is 0 Å². The standard InChI is InChI=1S/C21H22O6/c1-5-8-24-20-17(22-3)10-14-12(2)18(27-19(14)21(20)23-4)13-6-7-15-16(9-13)26-11-25-15/h5-7,9-10,12,18H,1,8,11H2,2-4H3/t12-,18-/m0/s1. The SMILES string of the molecule is C=CCOc1c(OC)cc2c(c1OC)O[C@H](c1ccc3c(c1)OCO3)[C@H]2C. The Morgan fingerprint density at radius 2 is 1.93 bits per heavy atom. The first kappa shape index (κ1) is 17.4. The number of fused-ring (bicyclic) bond motifs is 2. The lowest BCUT2D eigenvalue weighted by atomic mass is 9.92. The molecule has 0 aliphatic carbocycles. The Balaban J connectivity index is 1.74. The number of ether oxygens (including phenoxy) is 6. The average Bonchev–Trinajstić information content (AvgIpc) is 3.29. The van der Waals surface area contributed by atoms with Crippen molar-refractivity contribution in [3.63, 3.8) is 0 Å². The summed E-state index contributed by atoms with van der Waals surface area (Å²) in [6, 6.07) is 7.83. The molecule has 2 aliphatic heterocycles. The molecule has 0 radical (unpaired) electrons. The molecule has 0 spiro atoms. The highest BCUT2D eigenvalue weighted by Crippen LogP contribution is 2.56. The minimum atomic E-state index is -0.178. The first-order chi connectivity index (χ1) is 13.2. The van der Waals surface area contributed by atoms with Gasteiger partial charge in [0.05, 0.1) is 14.2 Å². The van der Waals surface area contributed by atoms with Crippen molar-refractivity contribution in [3.05, 3.63) is 48.0 Å². The van der Waals surface area contributed by atoms with Gasteiger partial charge in [0.1, 0.15) is 12.7 Å². The third-order valence-corrected chi connectivity index (χ3v) is 4.87. The van der Waals surface area contributed by atoms with E-state index in [1.807, 2.05) is 24.3 Å². The predicted molar refractivity (Wildman–Crippen MR) is 99.6 cm³/mol. The van der Waals surface area contributed by atoms with E-state index in [-0.39, 0.29) is 18.8 Å². The van der Waals surface area contributed by atoms with Crippen LogP contribution in [0.1, 0.15) is 30.1 Å². The number of rotatable bonds is 6. The third-order valence-electron chi connectivity index (χ3n) is 4.87. The van der Waals surface area contributed by atoms with E-state index in [4.69, 9.17) is 28.4 Å². The van der Waals surface area contributed by atoms with Crippen LogP contribution in [-0.2, 0) is 0 Å². The molecule has 4 rings (SSSR count). The van der Waals surface area contributed by atoms with Crippen LogP contribution in [0.2, 0.25) is 0 Å². The molecule has 2 atom stereocenters. The third kappa shape index (κ3) is 2.81. The van der Waals surface area contributed by atoms with Crippen molar-refractivity contribution in [2.75, 3.05) is 27.6 Å². The maximum atomic E-state index is 6.32. The second-order valence-corrected chi connectivity index (χ2v) is 6.40. The minimum absolute atomic E-state index is 0.0941. The topological polar surface area (TPSA) is 55.4 Å². The van der Waals surface area contributed by atoms with E-state index < -0.39 is 0 Å². The molecule has 2 aromatic carbocycles. The quantitative estimate of drug-likeness (QED) is 0.709. The van der Waals surface area contributed by atoms with Crippen molar-refractivity contribution in [2.45, 2.75) is 18.9 Å². The highest BCUT2D eigenvalue weighted by atomic mass is 16.7. The molecule has 6 nitrogen and oxygen atoms in total. The van der Waals surface area contributed by atoms with E-state index in [1.54, 1.807) is 20.3 Å². The fourth-order valence-electron chi connectivity index (χ4n) is 3.53. The van der Waals surface area contributed by atoms with Gasteiger partial charge in [0, 0.05) is 11.5 Å². The molecule has 0 amide bonds. The molecule has 0 saturated heterocycles. The van der Waals surface area contributed by atoms with Gasteiger partial charge in [0.15, 0.2) is 23.0 Å². The lowest BCUT2D eigenvalue weighted by Gasteiger charge is -2.17. The molecule has 27 heavy (non-hydrogen) atoms. The van der Waals surface area contributed by atoms with Crippen molar-refractivity contribution in [1.29, 1.82) is 0 Å². The van der Waals surface area contributed by atoms with E-state index in [1.165, 1.54) is 0 Å². The summed E-state index contributed by atoms with van der Waals surface area (Å²) in [6.45, 7) is 6.39. The van der Waals surface area contributed by atoms with Crippen LogP contribution in [0, 0.1) is 0 Å². The molecule has 0 N–H and O–H groups in total. The molecule has 2 aliphatic rings. The van der Waals surface area contributed by atoms with Gasteiger partial charge in [-0.3, -0.25) is 0 Å². The molecular formula is C21H22O6. The monoisotopic (exact) mass is 370 g/mol. The lowest BCUT2D eigenvalue weighted by Crippen LogP contribution is -2.07. The van der Waals surface area contributed by atoms with Gasteiger partial charge in [-0.25, -0.2) is 0 Å². The first-order valence-electron chi connectivity index (χ1n) is 8.76. The maximum absolute atomic E-state index is 6.32. The maximum Gasteiger partial charge on any atom is 0.231 e. The molecule has 6 heteroatoms. The second kappa shape index (κ2) is 6.95. The fraction of sp³-hybridized carbons (Fsp3) is 0.333. The van der Waals surface area contributed by atoms with E-state index in [2.05, 4.69) is 13.5 Å². The normalized spacial score (nSPS) is 19.2. The van der Waals surface area contributed by atoms with Crippen LogP contribution in [0.5, 0.6) is 34.5 Å². The van der Waals surface area contributed by atoms with Gasteiger partial charge in [-0.1, -0.05) is 25.6 Å². The van der Waals surface area contributed by atoms with Crippen LogP contribution < -0.4 is 28.4 Å². The van der Waals surface area contributed by atoms with Crippen LogP contribution in [0.15, 0.2) is 36.9 Å². The number of hydrogen-bond acceptors (Lipinski definition) is 6. The van der Waals surface area contributed by atoms with Crippen LogP contribution in [-0.4, -0.2) is 27.6 Å². The molecule has 0 fully saturated rings. The molecule has 0 unspecified atom stereocenters. The van der Waals surface area contributed by atoms with Crippen molar-refractivity contribution < 1.29 is 28.4 Å². The molecule has 142 valence electrons. The van der Waals surface area contributed by atoms with E-state index in [9.17, 15) is 0 Å². The van der Waals surface area contributed by atoms with Crippen LogP contribution in [0.3, 0.4) is 0 Å². The zero-order valence-corrected chi connectivity index (χ0v) is 15.6. The molecule has 0 saturated carbocycles. The predicted octanol–water partition coefficient (Wildman–Crippen LogP) is 4.23. The largest absolute Gasteiger partial charge is 0.493 e. The first-order valence-corrected chi connectivity index (χ1v) is 8.76. The smallest absolute Gasteiger partial charge is 0.231 e. The molecule has 0 aromatic heterocycles. The van der Waals surface area contributed by atoms with E-state index in [0.29, 0.717) is 29.6 Å². The minimum Gasteiger partial charge on any atom is -0.493 e. The zero-order valence-electron chi connectivity index (χ0n) is 15.6. The zero-order chi connectivity index (χ0) is 19.0. The highest BCUT2D eigenvalue weighted by Gasteiger charge is 2.38. The summed E-state index contributed by atoms with van der Waals surface area (Å²) >= 11 is 0. The Kier molecular flexibility index (Phi) is 4.48. The van der Waals surface area contributed by atoms with Gasteiger partial charge in [0.2, 0.25) is 18.3 Å². The van der Waals surface area contributed by atoms with Gasteiger partial charge < -0.3 is 28.4 Å². The second-order valence-electron chi connectivity index (χ2n) is 6.40. The van der Waals surface area contributed by atoms with Crippen molar-refractivity contribution >= 4 is 0 Å². The molecular weight excluding hydrogens is 348 g/mol. The Morgan fingerprint density at radius 3 is 2.67 bits per heavy atom. The lowest BCUT2D eigenvalue weighted by molar-refractivity contribution is 0.173. The van der Waals surface area contributed by atoms with E-state index in [0.717, 1.165) is 22.6 Å². The Morgan fingerprint density at radius 1 is 1.11 bits per heavy atom. The fourth-order valence-corrected chi connectivity index (χ4v) is 3.53. The summed E-state index contributed by atoms with van der Waals surface area (Å²) in [5.74, 6) is 3.90. The number of benzene rings is 2. The van der Waals surface area contributed by atoms with Crippen LogP contribution in [0.25, 0.3) is 0 Å². The summed E-state index contributed by atoms with van der Waals surface area (Å²) in [6.07, 6.45) is 1.49. The summed E-state index contributed by atoms with van der Waals surface area (Å²) in [7, 11) is 3.20. The Bertz CT molecular complexity index is 875. The van der Waals surface area contributed by atoms with Gasteiger partial charge >= 0.3 is 0 Å². The van der Waals surface area contributed by atoms with E-state index >= 15 is 0 Å². The summed E-state index contributed by atoms with van der Waals surface area (Å²) < 4.78 is 34.2. The van der Waals surface area contributed by atoms with Crippen LogP contribution in [0.4, 0.5) is 0 Å². The molecule has 2 aromatic rings. The summed E-state index contributed by atoms with van der Waals surface area (Å²) in [5.41, 5.74) is 2.02. The number of methoxy groups -OCH3 is 2. The van der Waals surface area contributed by atoms with Crippen LogP contribution >= 0.6 is 0 Å². The average molecular weight is 370 g/mol. The summed E-state index contributed by atoms with van der Waals surface area (Å²) in [4.78, 5) is 0. The van der Waals surface area contributed by atoms with Crippen molar-refractivity contribution in [1.82, 2.24) is 0 Å². The Hall–Kier alpha value is -3.02. The van der Waals surface area contributed by atoms with Gasteiger partial charge in [0.25, 0.3) is 0 Å². The molecule has 0 bridgehead atoms. The van der Waals surface area contributed by atoms with Crippen molar-refractivity contribution in [3.8, 4) is 34.5 Å². The van der Waals surface area contributed by atoms with Gasteiger partial charge in [-0.05, 0) is 23.8 Å². The van der Waals surface area contributed by atoms with Gasteiger partial charge in [-0.2, -0.15) is 0 Å². The highest BCUT2D eigenvalue weighted by molar-refractivity contribution is 5.65. The Labute approximate surface area is 158 Å². The number of hydrogen-bond donors (Lipinski definition) is 0. The van der Waals surface area contributed by atoms with Gasteiger partial charge in [-0.15, -0.1) is 0 Å². The molecule has 2 heterocycles. The summed E-state index contributed by atoms with van der Waals surface area (Å²) in [5, 5.41) is 0.